The number of fused-ring (bicyclic) bond motifs is 1. The quantitative estimate of drug-likeness (QED) is 0.854. The Morgan fingerprint density at radius 1 is 1.15 bits per heavy atom. The smallest absolute Gasteiger partial charge is 0.158 e. The standard InChI is InChI=1S/C16H24N4/c1-12(2)20-16-13(10-18-20)9-15(11-17-16)19-14-7-5-3-4-6-8-14/h9-12,14,19H,3-8H2,1-2H3. The van der Waals surface area contributed by atoms with Gasteiger partial charge in [0.05, 0.1) is 18.1 Å². The molecule has 20 heavy (non-hydrogen) atoms. The van der Waals surface area contributed by atoms with Crippen LogP contribution in [0.1, 0.15) is 58.4 Å². The summed E-state index contributed by atoms with van der Waals surface area (Å²) in [5.41, 5.74) is 2.11. The third-order valence-electron chi connectivity index (χ3n) is 4.15. The predicted octanol–water partition coefficient (Wildman–Crippen LogP) is 4.15. The van der Waals surface area contributed by atoms with Crippen LogP contribution in [0, 0.1) is 0 Å². The van der Waals surface area contributed by atoms with Crippen LogP contribution < -0.4 is 5.32 Å². The molecule has 0 spiro atoms. The van der Waals surface area contributed by atoms with E-state index in [9.17, 15) is 0 Å². The van der Waals surface area contributed by atoms with Crippen molar-refractivity contribution in [2.75, 3.05) is 5.32 Å². The number of nitrogens with zero attached hydrogens (tertiary/aromatic N) is 3. The van der Waals surface area contributed by atoms with E-state index in [0.29, 0.717) is 12.1 Å². The Hall–Kier alpha value is -1.58. The first kappa shape index (κ1) is 13.4. The molecule has 0 bridgehead atoms. The van der Waals surface area contributed by atoms with E-state index in [-0.39, 0.29) is 0 Å². The van der Waals surface area contributed by atoms with Crippen LogP contribution in [-0.2, 0) is 0 Å². The van der Waals surface area contributed by atoms with Gasteiger partial charge in [-0.3, -0.25) is 0 Å². The van der Waals surface area contributed by atoms with Gasteiger partial charge in [-0.2, -0.15) is 5.10 Å². The molecule has 0 saturated heterocycles. The first-order valence-electron chi connectivity index (χ1n) is 7.84. The first-order chi connectivity index (χ1) is 9.74. The van der Waals surface area contributed by atoms with Crippen LogP contribution in [0.3, 0.4) is 0 Å². The molecule has 0 aromatic carbocycles. The van der Waals surface area contributed by atoms with E-state index in [0.717, 1.165) is 16.7 Å². The number of pyridine rings is 1. The minimum Gasteiger partial charge on any atom is -0.381 e. The average molecular weight is 272 g/mol. The van der Waals surface area contributed by atoms with Crippen molar-refractivity contribution in [2.45, 2.75) is 64.5 Å². The molecule has 0 atom stereocenters. The van der Waals surface area contributed by atoms with Crippen LogP contribution in [0.25, 0.3) is 11.0 Å². The number of hydrogen-bond acceptors (Lipinski definition) is 3. The summed E-state index contributed by atoms with van der Waals surface area (Å²) in [4.78, 5) is 4.59. The number of aromatic nitrogens is 3. The molecule has 1 aliphatic carbocycles. The van der Waals surface area contributed by atoms with Gasteiger partial charge in [0, 0.05) is 17.5 Å². The SMILES string of the molecule is CC(C)n1ncc2cc(NC3CCCCCC3)cnc21. The molecule has 2 aromatic rings. The lowest BCUT2D eigenvalue weighted by molar-refractivity contribution is 0.546. The minimum absolute atomic E-state index is 0.348. The molecule has 4 heteroatoms. The lowest BCUT2D eigenvalue weighted by atomic mass is 10.1. The van der Waals surface area contributed by atoms with E-state index in [1.54, 1.807) is 0 Å². The van der Waals surface area contributed by atoms with Crippen molar-refractivity contribution < 1.29 is 0 Å². The second-order valence-electron chi connectivity index (χ2n) is 6.15. The molecule has 4 nitrogen and oxygen atoms in total. The summed E-state index contributed by atoms with van der Waals surface area (Å²) in [5.74, 6) is 0. The number of hydrogen-bond donors (Lipinski definition) is 1. The van der Waals surface area contributed by atoms with Crippen LogP contribution in [0.15, 0.2) is 18.5 Å². The molecule has 0 radical (unpaired) electrons. The van der Waals surface area contributed by atoms with E-state index in [2.05, 4.69) is 35.3 Å². The topological polar surface area (TPSA) is 42.7 Å². The molecule has 1 saturated carbocycles. The van der Waals surface area contributed by atoms with Crippen molar-refractivity contribution in [2.24, 2.45) is 0 Å². The molecule has 0 aliphatic heterocycles. The maximum absolute atomic E-state index is 4.59. The van der Waals surface area contributed by atoms with E-state index in [4.69, 9.17) is 0 Å². The Labute approximate surface area is 120 Å². The zero-order valence-electron chi connectivity index (χ0n) is 12.5. The Bertz CT molecular complexity index is 565. The average Bonchev–Trinajstić information content (AvgIpc) is 2.68. The summed E-state index contributed by atoms with van der Waals surface area (Å²) in [7, 11) is 0. The molecule has 108 valence electrons. The highest BCUT2D eigenvalue weighted by atomic mass is 15.3. The van der Waals surface area contributed by atoms with Gasteiger partial charge in [0.25, 0.3) is 0 Å². The molecule has 2 heterocycles. The third-order valence-corrected chi connectivity index (χ3v) is 4.15. The summed E-state index contributed by atoms with van der Waals surface area (Å²) >= 11 is 0. The molecule has 0 unspecified atom stereocenters. The molecule has 1 aliphatic rings. The molecule has 0 amide bonds. The predicted molar refractivity (Wildman–Crippen MR) is 83.0 cm³/mol. The van der Waals surface area contributed by atoms with Crippen LogP contribution in [0.2, 0.25) is 0 Å². The summed E-state index contributed by atoms with van der Waals surface area (Å²) in [6.45, 7) is 4.26. The fraction of sp³-hybridized carbons (Fsp3) is 0.625. The van der Waals surface area contributed by atoms with Gasteiger partial charge in [-0.15, -0.1) is 0 Å². The van der Waals surface area contributed by atoms with Gasteiger partial charge in [0.1, 0.15) is 0 Å². The number of anilines is 1. The largest absolute Gasteiger partial charge is 0.381 e. The maximum atomic E-state index is 4.59. The Morgan fingerprint density at radius 2 is 1.90 bits per heavy atom. The minimum atomic E-state index is 0.348. The molecule has 3 rings (SSSR count). The highest BCUT2D eigenvalue weighted by molar-refractivity contribution is 5.78. The molecule has 1 fully saturated rings. The van der Waals surface area contributed by atoms with Crippen molar-refractivity contribution in [3.05, 3.63) is 18.5 Å². The normalized spacial score (nSPS) is 17.6. The van der Waals surface area contributed by atoms with Gasteiger partial charge in [0.2, 0.25) is 0 Å². The van der Waals surface area contributed by atoms with Gasteiger partial charge in [-0.1, -0.05) is 25.7 Å². The zero-order valence-corrected chi connectivity index (χ0v) is 12.5. The highest BCUT2D eigenvalue weighted by Crippen LogP contribution is 2.23. The van der Waals surface area contributed by atoms with E-state index < -0.39 is 0 Å². The number of nitrogens with one attached hydrogen (secondary N) is 1. The van der Waals surface area contributed by atoms with Crippen molar-refractivity contribution >= 4 is 16.7 Å². The molecule has 1 N–H and O–H groups in total. The maximum Gasteiger partial charge on any atom is 0.158 e. The van der Waals surface area contributed by atoms with Gasteiger partial charge in [-0.05, 0) is 32.8 Å². The number of rotatable bonds is 3. The fourth-order valence-electron chi connectivity index (χ4n) is 3.06. The lowest BCUT2D eigenvalue weighted by Crippen LogP contribution is -2.18. The van der Waals surface area contributed by atoms with E-state index in [1.165, 1.54) is 38.5 Å². The van der Waals surface area contributed by atoms with Gasteiger partial charge < -0.3 is 5.32 Å². The summed E-state index contributed by atoms with van der Waals surface area (Å²) in [5, 5.41) is 9.20. The lowest BCUT2D eigenvalue weighted by Gasteiger charge is -2.17. The Morgan fingerprint density at radius 3 is 2.60 bits per heavy atom. The monoisotopic (exact) mass is 272 g/mol. The summed E-state index contributed by atoms with van der Waals surface area (Å²) < 4.78 is 1.98. The van der Waals surface area contributed by atoms with Crippen LogP contribution in [0.5, 0.6) is 0 Å². The molecular weight excluding hydrogens is 248 g/mol. The fourth-order valence-corrected chi connectivity index (χ4v) is 3.06. The van der Waals surface area contributed by atoms with Crippen molar-refractivity contribution in [1.29, 1.82) is 0 Å². The molecular formula is C16H24N4. The van der Waals surface area contributed by atoms with Gasteiger partial charge in [-0.25, -0.2) is 9.67 Å². The van der Waals surface area contributed by atoms with Gasteiger partial charge in [0.15, 0.2) is 5.65 Å². The second-order valence-corrected chi connectivity index (χ2v) is 6.15. The van der Waals surface area contributed by atoms with Crippen LogP contribution in [0.4, 0.5) is 5.69 Å². The Kier molecular flexibility index (Phi) is 3.90. The van der Waals surface area contributed by atoms with Crippen molar-refractivity contribution in [3.63, 3.8) is 0 Å². The van der Waals surface area contributed by atoms with Crippen molar-refractivity contribution in [1.82, 2.24) is 14.8 Å². The zero-order chi connectivity index (χ0) is 13.9. The first-order valence-corrected chi connectivity index (χ1v) is 7.84. The van der Waals surface area contributed by atoms with Gasteiger partial charge >= 0.3 is 0 Å². The third kappa shape index (κ3) is 2.79. The van der Waals surface area contributed by atoms with E-state index >= 15 is 0 Å². The van der Waals surface area contributed by atoms with Crippen molar-refractivity contribution in [3.8, 4) is 0 Å². The molecule has 2 aromatic heterocycles. The summed E-state index contributed by atoms with van der Waals surface area (Å²) in [6.07, 6.45) is 11.9. The second kappa shape index (κ2) is 5.81. The highest BCUT2D eigenvalue weighted by Gasteiger charge is 2.13. The van der Waals surface area contributed by atoms with Crippen LogP contribution >= 0.6 is 0 Å². The summed E-state index contributed by atoms with van der Waals surface area (Å²) in [6, 6.07) is 3.14. The Balaban J connectivity index is 1.78. The van der Waals surface area contributed by atoms with Crippen LogP contribution in [-0.4, -0.2) is 20.8 Å². The van der Waals surface area contributed by atoms with E-state index in [1.807, 2.05) is 17.1 Å².